The standard InChI is InChI=1S/C27H34N2O5S.C26H34N2O4S.C2H6/c1-32-21-12-8-19(9-13-21)16-28-23-18-35-24(6-4-5-7-25(30)34-3)26(23)29(27(28)31)17-20-10-14-22(33-2)15-11-20;1-31-21-11-7-19(8-12-21)16-27-23-18-33-24(6-4-3-5-15-29)25(23)28(26(27)30)17-20-9-13-22(32-2)14-10-20;1-2/h8-15,23-24,26H,4-7,16-18H2,1-3H3;7-14,23-25,29H,3-6,15-18H2,1-2H3;1-2H3/t23?,24-,26?;23?,24-,25?;/m00./s1. The highest BCUT2D eigenvalue weighted by Gasteiger charge is 2.54. The molecule has 380 valence electrons. The second-order valence-electron chi connectivity index (χ2n) is 17.7. The van der Waals surface area contributed by atoms with Gasteiger partial charge in [0, 0.05) is 61.2 Å². The highest BCUT2D eigenvalue weighted by molar-refractivity contribution is 8.00. The summed E-state index contributed by atoms with van der Waals surface area (Å²) in [4.78, 5) is 47.1. The second kappa shape index (κ2) is 27.4. The number of benzene rings is 4. The molecule has 0 spiro atoms. The largest absolute Gasteiger partial charge is 0.497 e. The summed E-state index contributed by atoms with van der Waals surface area (Å²) in [6, 6.07) is 32.8. The van der Waals surface area contributed by atoms with Crippen molar-refractivity contribution in [2.75, 3.05) is 53.7 Å². The molecule has 4 aliphatic rings. The first kappa shape index (κ1) is 54.1. The van der Waals surface area contributed by atoms with Gasteiger partial charge in [0.25, 0.3) is 0 Å². The van der Waals surface area contributed by atoms with E-state index in [1.807, 2.05) is 139 Å². The molecule has 13 nitrogen and oxygen atoms in total. The molecule has 4 heterocycles. The summed E-state index contributed by atoms with van der Waals surface area (Å²) >= 11 is 3.95. The molecule has 4 fully saturated rings. The van der Waals surface area contributed by atoms with Crippen molar-refractivity contribution in [2.45, 2.75) is 126 Å². The van der Waals surface area contributed by atoms with Crippen molar-refractivity contribution in [3.05, 3.63) is 119 Å². The zero-order valence-corrected chi connectivity index (χ0v) is 43.8. The van der Waals surface area contributed by atoms with Crippen LogP contribution in [0.15, 0.2) is 97.1 Å². The summed E-state index contributed by atoms with van der Waals surface area (Å²) in [5, 5.41) is 9.89. The molecular weight excluding hydrogens is 925 g/mol. The molecule has 8 rings (SSSR count). The molecule has 0 radical (unpaired) electrons. The van der Waals surface area contributed by atoms with Crippen LogP contribution in [0.2, 0.25) is 0 Å². The molecule has 4 unspecified atom stereocenters. The SMILES string of the molecule is CC.COC(=O)CCCC[C@@H]1SCC2C1N(Cc1ccc(OC)cc1)C(=O)N2Cc1ccc(OC)cc1.COc1ccc(CN2C(=O)N(Cc3ccc(OC)cc3)C3C2CS[C@H]3CCCCCO)cc1. The van der Waals surface area contributed by atoms with Crippen molar-refractivity contribution in [3.8, 4) is 23.0 Å². The Balaban J connectivity index is 0.000000222. The maximum Gasteiger partial charge on any atom is 0.321 e. The number of aliphatic hydroxyl groups excluding tert-OH is 1. The third-order valence-corrected chi connectivity index (χ3v) is 16.5. The molecule has 4 amide bonds. The van der Waals surface area contributed by atoms with Gasteiger partial charge >= 0.3 is 18.0 Å². The van der Waals surface area contributed by atoms with Crippen LogP contribution in [0.3, 0.4) is 0 Å². The van der Waals surface area contributed by atoms with E-state index in [0.29, 0.717) is 43.1 Å². The van der Waals surface area contributed by atoms with Gasteiger partial charge in [0.2, 0.25) is 0 Å². The molecule has 4 aromatic carbocycles. The number of amides is 4. The van der Waals surface area contributed by atoms with Crippen LogP contribution in [0.5, 0.6) is 23.0 Å². The number of urea groups is 2. The highest BCUT2D eigenvalue weighted by atomic mass is 32.2. The Kier molecular flexibility index (Phi) is 21.2. The lowest BCUT2D eigenvalue weighted by atomic mass is 10.0. The molecule has 15 heteroatoms. The van der Waals surface area contributed by atoms with Crippen LogP contribution < -0.4 is 18.9 Å². The third-order valence-electron chi connectivity index (χ3n) is 13.6. The van der Waals surface area contributed by atoms with Crippen LogP contribution >= 0.6 is 23.5 Å². The Morgan fingerprint density at radius 1 is 0.500 bits per heavy atom. The topological polar surface area (TPSA) is 131 Å². The number of hydrogen-bond acceptors (Lipinski definition) is 11. The number of esters is 1. The minimum atomic E-state index is -0.162. The normalized spacial score (nSPS) is 21.1. The number of ether oxygens (including phenoxy) is 5. The molecule has 0 aliphatic carbocycles. The number of rotatable bonds is 22. The van der Waals surface area contributed by atoms with Gasteiger partial charge in [0.1, 0.15) is 23.0 Å². The maximum absolute atomic E-state index is 13.7. The molecule has 70 heavy (non-hydrogen) atoms. The fourth-order valence-corrected chi connectivity index (χ4v) is 13.2. The third kappa shape index (κ3) is 13.8. The van der Waals surface area contributed by atoms with E-state index in [4.69, 9.17) is 28.8 Å². The van der Waals surface area contributed by atoms with Gasteiger partial charge in [-0.15, -0.1) is 0 Å². The van der Waals surface area contributed by atoms with E-state index >= 15 is 0 Å². The second-order valence-corrected chi connectivity index (χ2v) is 20.3. The number of fused-ring (bicyclic) bond motifs is 2. The van der Waals surface area contributed by atoms with Gasteiger partial charge in [0.05, 0.1) is 59.7 Å². The Morgan fingerprint density at radius 2 is 0.829 bits per heavy atom. The Labute approximate surface area is 424 Å². The zero-order chi connectivity index (χ0) is 50.0. The van der Waals surface area contributed by atoms with Crippen LogP contribution in [-0.2, 0) is 35.7 Å². The molecule has 0 bridgehead atoms. The Morgan fingerprint density at radius 3 is 1.14 bits per heavy atom. The summed E-state index contributed by atoms with van der Waals surface area (Å²) in [7, 11) is 8.07. The monoisotopic (exact) mass is 998 g/mol. The fourth-order valence-electron chi connectivity index (χ4n) is 9.85. The van der Waals surface area contributed by atoms with Crippen LogP contribution in [0, 0.1) is 0 Å². The summed E-state index contributed by atoms with van der Waals surface area (Å²) in [5.74, 6) is 4.99. The first-order valence-electron chi connectivity index (χ1n) is 24.8. The molecule has 1 N–H and O–H groups in total. The summed E-state index contributed by atoms with van der Waals surface area (Å²) in [6.07, 6.45) is 7.23. The fraction of sp³-hybridized carbons (Fsp3) is 0.509. The van der Waals surface area contributed by atoms with Crippen molar-refractivity contribution in [2.24, 2.45) is 0 Å². The van der Waals surface area contributed by atoms with Gasteiger partial charge < -0.3 is 48.4 Å². The number of carbonyl (C=O) groups is 3. The Bertz CT molecular complexity index is 2220. The summed E-state index contributed by atoms with van der Waals surface area (Å²) < 4.78 is 25.9. The molecule has 0 aromatic heterocycles. The van der Waals surface area contributed by atoms with E-state index in [2.05, 4.69) is 14.7 Å². The van der Waals surface area contributed by atoms with Gasteiger partial charge in [-0.1, -0.05) is 81.6 Å². The smallest absolute Gasteiger partial charge is 0.321 e. The number of hydrogen-bond donors (Lipinski definition) is 1. The number of unbranched alkanes of at least 4 members (excludes halogenated alkanes) is 3. The van der Waals surface area contributed by atoms with Crippen molar-refractivity contribution < 1.29 is 43.2 Å². The van der Waals surface area contributed by atoms with E-state index in [0.717, 1.165) is 102 Å². The summed E-state index contributed by atoms with van der Waals surface area (Å²) in [5.41, 5.74) is 4.41. The lowest BCUT2D eigenvalue weighted by Gasteiger charge is -2.27. The van der Waals surface area contributed by atoms with Crippen LogP contribution in [0.25, 0.3) is 0 Å². The predicted octanol–water partition coefficient (Wildman–Crippen LogP) is 10.3. The van der Waals surface area contributed by atoms with Crippen LogP contribution in [0.1, 0.15) is 87.5 Å². The summed E-state index contributed by atoms with van der Waals surface area (Å²) in [6.45, 7) is 6.63. The van der Waals surface area contributed by atoms with E-state index < -0.39 is 0 Å². The average Bonchev–Trinajstić information content (AvgIpc) is 4.14. The molecule has 4 aliphatic heterocycles. The van der Waals surface area contributed by atoms with Crippen molar-refractivity contribution in [3.63, 3.8) is 0 Å². The van der Waals surface area contributed by atoms with Crippen LogP contribution in [-0.4, -0.2) is 131 Å². The number of methoxy groups -OCH3 is 5. The lowest BCUT2D eigenvalue weighted by Crippen LogP contribution is -2.40. The van der Waals surface area contributed by atoms with E-state index in [1.165, 1.54) is 7.11 Å². The van der Waals surface area contributed by atoms with Crippen LogP contribution in [0.4, 0.5) is 9.59 Å². The zero-order valence-electron chi connectivity index (χ0n) is 42.1. The van der Waals surface area contributed by atoms with Gasteiger partial charge in [-0.3, -0.25) is 4.79 Å². The van der Waals surface area contributed by atoms with E-state index in [-0.39, 0.29) is 48.8 Å². The molecular formula is C55H74N4O9S2. The predicted molar refractivity (Wildman–Crippen MR) is 280 cm³/mol. The van der Waals surface area contributed by atoms with Gasteiger partial charge in [-0.05, 0) is 96.5 Å². The number of aliphatic hydroxyl groups is 1. The number of nitrogens with zero attached hydrogens (tertiary/aromatic N) is 4. The van der Waals surface area contributed by atoms with E-state index in [1.54, 1.807) is 28.4 Å². The first-order valence-corrected chi connectivity index (χ1v) is 26.8. The van der Waals surface area contributed by atoms with Gasteiger partial charge in [-0.25, -0.2) is 9.59 Å². The molecule has 0 saturated carbocycles. The molecule has 4 saturated heterocycles. The maximum atomic E-state index is 13.7. The minimum Gasteiger partial charge on any atom is -0.497 e. The van der Waals surface area contributed by atoms with Gasteiger partial charge in [-0.2, -0.15) is 23.5 Å². The van der Waals surface area contributed by atoms with Crippen molar-refractivity contribution >= 4 is 41.6 Å². The minimum absolute atomic E-state index is 0.0893. The number of carbonyl (C=O) groups excluding carboxylic acids is 3. The van der Waals surface area contributed by atoms with Crippen molar-refractivity contribution in [1.29, 1.82) is 0 Å². The quantitative estimate of drug-likeness (QED) is 0.0459. The number of thioether (sulfide) groups is 2. The van der Waals surface area contributed by atoms with E-state index in [9.17, 15) is 14.4 Å². The lowest BCUT2D eigenvalue weighted by molar-refractivity contribution is -0.140. The first-order chi connectivity index (χ1) is 34.2. The average molecular weight is 999 g/mol. The van der Waals surface area contributed by atoms with Crippen molar-refractivity contribution in [1.82, 2.24) is 19.6 Å². The molecule has 6 atom stereocenters. The highest BCUT2D eigenvalue weighted by Crippen LogP contribution is 2.44. The Hall–Kier alpha value is -5.25. The van der Waals surface area contributed by atoms with Gasteiger partial charge in [0.15, 0.2) is 0 Å². The molecule has 4 aromatic rings.